The van der Waals surface area contributed by atoms with E-state index in [1.807, 2.05) is 0 Å². The van der Waals surface area contributed by atoms with Crippen LogP contribution in [0.2, 0.25) is 5.02 Å². The van der Waals surface area contributed by atoms with Gasteiger partial charge in [-0.3, -0.25) is 0 Å². The van der Waals surface area contributed by atoms with Crippen LogP contribution in [0.3, 0.4) is 0 Å². The fourth-order valence-corrected chi connectivity index (χ4v) is 2.19. The van der Waals surface area contributed by atoms with E-state index in [0.29, 0.717) is 21.0 Å². The summed E-state index contributed by atoms with van der Waals surface area (Å²) in [4.78, 5) is 0. The van der Waals surface area contributed by atoms with Crippen molar-refractivity contribution in [3.05, 3.63) is 33.0 Å². The number of rotatable bonds is 4. The van der Waals surface area contributed by atoms with Gasteiger partial charge in [0.1, 0.15) is 5.82 Å². The first kappa shape index (κ1) is 14.3. The highest BCUT2D eigenvalue weighted by Crippen LogP contribution is 2.34. The van der Waals surface area contributed by atoms with E-state index < -0.39 is 0 Å². The van der Waals surface area contributed by atoms with E-state index in [4.69, 9.17) is 23.2 Å². The molecule has 0 spiro atoms. The van der Waals surface area contributed by atoms with Crippen molar-refractivity contribution < 1.29 is 4.39 Å². The molecule has 16 heavy (non-hydrogen) atoms. The smallest absolute Gasteiger partial charge is 0.129 e. The van der Waals surface area contributed by atoms with Crippen molar-refractivity contribution in [3.63, 3.8) is 0 Å². The molecule has 1 atom stereocenters. The average molecular weight is 328 g/mol. The first-order chi connectivity index (χ1) is 7.41. The average Bonchev–Trinajstić information content (AvgIpc) is 2.20. The predicted molar refractivity (Wildman–Crippen MR) is 71.8 cm³/mol. The molecule has 0 saturated heterocycles. The molecule has 0 aliphatic heterocycles. The van der Waals surface area contributed by atoms with Gasteiger partial charge in [-0.15, -0.1) is 11.6 Å². The second-order valence-electron chi connectivity index (χ2n) is 4.23. The molecule has 1 rings (SSSR count). The van der Waals surface area contributed by atoms with E-state index >= 15 is 0 Å². The Morgan fingerprint density at radius 2 is 1.94 bits per heavy atom. The Bertz CT molecular complexity index is 366. The number of hydrogen-bond donors (Lipinski definition) is 0. The highest BCUT2D eigenvalue weighted by atomic mass is 79.9. The van der Waals surface area contributed by atoms with Crippen molar-refractivity contribution >= 4 is 39.1 Å². The maximum Gasteiger partial charge on any atom is 0.129 e. The molecule has 0 saturated carbocycles. The first-order valence-corrected chi connectivity index (χ1v) is 6.81. The molecule has 0 aromatic heterocycles. The number of halogens is 4. The van der Waals surface area contributed by atoms with Gasteiger partial charge in [-0.2, -0.15) is 0 Å². The van der Waals surface area contributed by atoms with Crippen molar-refractivity contribution in [2.45, 2.75) is 32.1 Å². The van der Waals surface area contributed by atoms with E-state index in [1.165, 1.54) is 6.07 Å². The van der Waals surface area contributed by atoms with E-state index in [0.717, 1.165) is 12.8 Å². The minimum Gasteiger partial charge on any atom is -0.207 e. The standard InChI is InChI=1S/C12H14BrCl2F/c1-7(2)3-4-10(14)8-5-11(15)9(13)6-12(8)16/h5-7,10H,3-4H2,1-2H3. The molecular formula is C12H14BrCl2F. The predicted octanol–water partition coefficient (Wildman–Crippen LogP) is 5.96. The topological polar surface area (TPSA) is 0 Å². The van der Waals surface area contributed by atoms with Crippen molar-refractivity contribution in [3.8, 4) is 0 Å². The second-order valence-corrected chi connectivity index (χ2v) is 6.01. The van der Waals surface area contributed by atoms with Gasteiger partial charge in [-0.05, 0) is 46.8 Å². The lowest BCUT2D eigenvalue weighted by Crippen LogP contribution is -1.98. The highest BCUT2D eigenvalue weighted by Gasteiger charge is 2.15. The van der Waals surface area contributed by atoms with Crippen molar-refractivity contribution in [1.82, 2.24) is 0 Å². The fourth-order valence-electron chi connectivity index (χ4n) is 1.41. The number of hydrogen-bond acceptors (Lipinski definition) is 0. The molecule has 4 heteroatoms. The SMILES string of the molecule is CC(C)CCC(Cl)c1cc(Cl)c(Br)cc1F. The van der Waals surface area contributed by atoms with Crippen LogP contribution in [0.5, 0.6) is 0 Å². The van der Waals surface area contributed by atoms with Crippen LogP contribution in [-0.4, -0.2) is 0 Å². The Labute approximate surface area is 114 Å². The van der Waals surface area contributed by atoms with Gasteiger partial charge in [0.05, 0.1) is 10.4 Å². The monoisotopic (exact) mass is 326 g/mol. The van der Waals surface area contributed by atoms with Crippen LogP contribution >= 0.6 is 39.1 Å². The highest BCUT2D eigenvalue weighted by molar-refractivity contribution is 9.10. The van der Waals surface area contributed by atoms with Gasteiger partial charge < -0.3 is 0 Å². The molecule has 1 unspecified atom stereocenters. The Morgan fingerprint density at radius 3 is 2.50 bits per heavy atom. The molecule has 0 fully saturated rings. The molecule has 0 amide bonds. The van der Waals surface area contributed by atoms with Crippen LogP contribution in [-0.2, 0) is 0 Å². The van der Waals surface area contributed by atoms with E-state index in [1.54, 1.807) is 6.07 Å². The zero-order valence-electron chi connectivity index (χ0n) is 9.24. The molecule has 1 aromatic rings. The molecule has 90 valence electrons. The van der Waals surface area contributed by atoms with Crippen LogP contribution < -0.4 is 0 Å². The Morgan fingerprint density at radius 1 is 1.31 bits per heavy atom. The molecule has 0 aliphatic rings. The van der Waals surface area contributed by atoms with Gasteiger partial charge in [-0.1, -0.05) is 25.4 Å². The largest absolute Gasteiger partial charge is 0.207 e. The third-order valence-corrected chi connectivity index (χ3v) is 4.02. The minimum atomic E-state index is -0.312. The zero-order valence-corrected chi connectivity index (χ0v) is 12.3. The molecule has 0 heterocycles. The molecule has 0 N–H and O–H groups in total. The van der Waals surface area contributed by atoms with Gasteiger partial charge in [0, 0.05) is 10.0 Å². The van der Waals surface area contributed by atoms with Crippen LogP contribution in [0, 0.1) is 11.7 Å². The summed E-state index contributed by atoms with van der Waals surface area (Å²) in [5.74, 6) is 0.260. The summed E-state index contributed by atoms with van der Waals surface area (Å²) in [6.07, 6.45) is 1.73. The van der Waals surface area contributed by atoms with Gasteiger partial charge in [0.15, 0.2) is 0 Å². The van der Waals surface area contributed by atoms with Gasteiger partial charge in [-0.25, -0.2) is 4.39 Å². The first-order valence-electron chi connectivity index (χ1n) is 5.20. The van der Waals surface area contributed by atoms with E-state index in [9.17, 15) is 4.39 Å². The summed E-state index contributed by atoms with van der Waals surface area (Å²) < 4.78 is 14.2. The molecule has 0 radical (unpaired) electrons. The van der Waals surface area contributed by atoms with Crippen molar-refractivity contribution in [2.75, 3.05) is 0 Å². The Kier molecular flexibility index (Phi) is 5.55. The molecule has 0 nitrogen and oxygen atoms in total. The summed E-state index contributed by atoms with van der Waals surface area (Å²) >= 11 is 15.3. The maximum absolute atomic E-state index is 13.6. The van der Waals surface area contributed by atoms with Gasteiger partial charge in [0.2, 0.25) is 0 Å². The lowest BCUT2D eigenvalue weighted by molar-refractivity contribution is 0.535. The van der Waals surface area contributed by atoms with Crippen molar-refractivity contribution in [1.29, 1.82) is 0 Å². The summed E-state index contributed by atoms with van der Waals surface area (Å²) in [5, 5.41) is 0.180. The fraction of sp³-hybridized carbons (Fsp3) is 0.500. The molecule has 0 bridgehead atoms. The van der Waals surface area contributed by atoms with Crippen LogP contribution in [0.25, 0.3) is 0 Å². The lowest BCUT2D eigenvalue weighted by atomic mass is 10.0. The molecule has 1 aromatic carbocycles. The maximum atomic E-state index is 13.6. The summed E-state index contributed by atoms with van der Waals surface area (Å²) in [7, 11) is 0. The minimum absolute atomic E-state index is 0.306. The van der Waals surface area contributed by atoms with E-state index in [2.05, 4.69) is 29.8 Å². The summed E-state index contributed by atoms with van der Waals surface area (Å²) in [5.41, 5.74) is 0.482. The third kappa shape index (κ3) is 3.90. The second kappa shape index (κ2) is 6.23. The molecular weight excluding hydrogens is 314 g/mol. The molecule has 0 aliphatic carbocycles. The van der Waals surface area contributed by atoms with Crippen LogP contribution in [0.15, 0.2) is 16.6 Å². The number of alkyl halides is 1. The lowest BCUT2D eigenvalue weighted by Gasteiger charge is -2.13. The van der Waals surface area contributed by atoms with Crippen LogP contribution in [0.4, 0.5) is 4.39 Å². The Balaban J connectivity index is 2.82. The quantitative estimate of drug-likeness (QED) is 0.473. The van der Waals surface area contributed by atoms with E-state index in [-0.39, 0.29) is 11.2 Å². The third-order valence-electron chi connectivity index (χ3n) is 2.37. The number of benzene rings is 1. The van der Waals surface area contributed by atoms with Crippen LogP contribution in [0.1, 0.15) is 37.6 Å². The van der Waals surface area contributed by atoms with Gasteiger partial charge in [0.25, 0.3) is 0 Å². The Hall–Kier alpha value is 0.210. The summed E-state index contributed by atoms with van der Waals surface area (Å²) in [6.45, 7) is 4.24. The summed E-state index contributed by atoms with van der Waals surface area (Å²) in [6, 6.07) is 2.96. The zero-order chi connectivity index (χ0) is 12.3. The normalized spacial score (nSPS) is 13.2. The van der Waals surface area contributed by atoms with Crippen molar-refractivity contribution in [2.24, 2.45) is 5.92 Å². The van der Waals surface area contributed by atoms with Gasteiger partial charge >= 0.3 is 0 Å².